The van der Waals surface area contributed by atoms with E-state index in [-0.39, 0.29) is 43.7 Å². The SMILES string of the molecule is N#CCCN1C(=O)CN(c2ccc(F)cc2)CC1=O. The summed E-state index contributed by atoms with van der Waals surface area (Å²) in [5.74, 6) is -1.04. The average molecular weight is 261 g/mol. The summed E-state index contributed by atoms with van der Waals surface area (Å²) in [6.45, 7) is 0.247. The molecule has 6 heteroatoms. The third kappa shape index (κ3) is 2.88. The van der Waals surface area contributed by atoms with Crippen LogP contribution in [0.25, 0.3) is 0 Å². The highest BCUT2D eigenvalue weighted by molar-refractivity contribution is 6.02. The van der Waals surface area contributed by atoms with Crippen LogP contribution in [0.4, 0.5) is 10.1 Å². The predicted octanol–water partition coefficient (Wildman–Crippen LogP) is 0.915. The molecule has 1 aliphatic heterocycles. The maximum Gasteiger partial charge on any atom is 0.248 e. The fourth-order valence-electron chi connectivity index (χ4n) is 1.94. The number of piperazine rings is 1. The van der Waals surface area contributed by atoms with Crippen molar-refractivity contribution in [1.29, 1.82) is 5.26 Å². The van der Waals surface area contributed by atoms with E-state index in [9.17, 15) is 14.0 Å². The Hall–Kier alpha value is -2.42. The number of amides is 2. The fourth-order valence-corrected chi connectivity index (χ4v) is 1.94. The summed E-state index contributed by atoms with van der Waals surface area (Å²) in [6.07, 6.45) is 0.133. The lowest BCUT2D eigenvalue weighted by Crippen LogP contribution is -2.54. The molecule has 1 aliphatic rings. The van der Waals surface area contributed by atoms with Crippen LogP contribution in [0.2, 0.25) is 0 Å². The van der Waals surface area contributed by atoms with Crippen molar-refractivity contribution in [2.24, 2.45) is 0 Å². The molecule has 0 bridgehead atoms. The van der Waals surface area contributed by atoms with E-state index in [0.717, 1.165) is 4.90 Å². The first-order valence-corrected chi connectivity index (χ1v) is 5.82. The van der Waals surface area contributed by atoms with E-state index in [0.29, 0.717) is 5.69 Å². The fraction of sp³-hybridized carbons (Fsp3) is 0.308. The molecule has 0 N–H and O–H groups in total. The van der Waals surface area contributed by atoms with Gasteiger partial charge in [-0.05, 0) is 24.3 Å². The van der Waals surface area contributed by atoms with Gasteiger partial charge in [-0.1, -0.05) is 0 Å². The monoisotopic (exact) mass is 261 g/mol. The maximum atomic E-state index is 12.8. The molecule has 0 spiro atoms. The van der Waals surface area contributed by atoms with Crippen LogP contribution < -0.4 is 4.90 Å². The number of nitrogens with zero attached hydrogens (tertiary/aromatic N) is 3. The quantitative estimate of drug-likeness (QED) is 0.759. The van der Waals surface area contributed by atoms with E-state index in [1.807, 2.05) is 6.07 Å². The molecule has 0 atom stereocenters. The Balaban J connectivity index is 2.09. The minimum Gasteiger partial charge on any atom is -0.353 e. The number of anilines is 1. The van der Waals surface area contributed by atoms with Crippen LogP contribution in [-0.4, -0.2) is 36.3 Å². The number of carbonyl (C=O) groups excluding carboxylic acids is 2. The van der Waals surface area contributed by atoms with Crippen LogP contribution in [0.5, 0.6) is 0 Å². The molecule has 1 heterocycles. The van der Waals surface area contributed by atoms with Crippen LogP contribution in [0, 0.1) is 17.1 Å². The van der Waals surface area contributed by atoms with Gasteiger partial charge in [0, 0.05) is 12.2 Å². The highest BCUT2D eigenvalue weighted by Crippen LogP contribution is 2.18. The number of carbonyl (C=O) groups is 2. The van der Waals surface area contributed by atoms with Gasteiger partial charge in [-0.15, -0.1) is 0 Å². The van der Waals surface area contributed by atoms with Crippen molar-refractivity contribution in [2.45, 2.75) is 6.42 Å². The summed E-state index contributed by atoms with van der Waals surface area (Å²) >= 11 is 0. The Labute approximate surface area is 109 Å². The van der Waals surface area contributed by atoms with Crippen molar-refractivity contribution in [3.05, 3.63) is 30.1 Å². The largest absolute Gasteiger partial charge is 0.353 e. The highest BCUT2D eigenvalue weighted by Gasteiger charge is 2.30. The van der Waals surface area contributed by atoms with Crippen LogP contribution >= 0.6 is 0 Å². The second-order valence-electron chi connectivity index (χ2n) is 4.18. The van der Waals surface area contributed by atoms with Crippen LogP contribution in [0.3, 0.4) is 0 Å². The normalized spacial score (nSPS) is 15.6. The Bertz CT molecular complexity index is 518. The van der Waals surface area contributed by atoms with E-state index in [2.05, 4.69) is 0 Å². The first kappa shape index (κ1) is 13.0. The Morgan fingerprint density at radius 1 is 1.16 bits per heavy atom. The maximum absolute atomic E-state index is 12.8. The van der Waals surface area contributed by atoms with Crippen molar-refractivity contribution in [1.82, 2.24) is 4.90 Å². The summed E-state index contributed by atoms with van der Waals surface area (Å²) in [5, 5.41) is 8.48. The summed E-state index contributed by atoms with van der Waals surface area (Å²) in [4.78, 5) is 26.4. The Kier molecular flexibility index (Phi) is 3.76. The molecule has 1 aromatic carbocycles. The zero-order valence-corrected chi connectivity index (χ0v) is 10.2. The molecule has 98 valence electrons. The van der Waals surface area contributed by atoms with E-state index in [4.69, 9.17) is 5.26 Å². The lowest BCUT2D eigenvalue weighted by Gasteiger charge is -2.33. The number of halogens is 1. The minimum absolute atomic E-state index is 0.0583. The van der Waals surface area contributed by atoms with Crippen molar-refractivity contribution in [3.63, 3.8) is 0 Å². The van der Waals surface area contributed by atoms with E-state index in [1.54, 1.807) is 4.90 Å². The van der Waals surface area contributed by atoms with Gasteiger partial charge < -0.3 is 4.90 Å². The third-order valence-corrected chi connectivity index (χ3v) is 2.89. The lowest BCUT2D eigenvalue weighted by molar-refractivity contribution is -0.145. The summed E-state index contributed by atoms with van der Waals surface area (Å²) in [7, 11) is 0. The molecule has 5 nitrogen and oxygen atoms in total. The first-order chi connectivity index (χ1) is 9.11. The van der Waals surface area contributed by atoms with Gasteiger partial charge in [0.25, 0.3) is 0 Å². The molecule has 1 fully saturated rings. The van der Waals surface area contributed by atoms with Crippen LogP contribution in [0.1, 0.15) is 6.42 Å². The zero-order chi connectivity index (χ0) is 13.8. The molecule has 0 aromatic heterocycles. The van der Waals surface area contributed by atoms with Gasteiger partial charge in [-0.25, -0.2) is 4.39 Å². The molecule has 2 rings (SSSR count). The average Bonchev–Trinajstić information content (AvgIpc) is 2.38. The summed E-state index contributed by atoms with van der Waals surface area (Å²) < 4.78 is 12.8. The number of rotatable bonds is 3. The standard InChI is InChI=1S/C13H12FN3O2/c14-10-2-4-11(5-3-10)16-8-12(18)17(7-1-6-15)13(19)9-16/h2-5H,1,7-9H2. The zero-order valence-electron chi connectivity index (χ0n) is 10.2. The molecule has 0 saturated carbocycles. The molecule has 19 heavy (non-hydrogen) atoms. The summed E-state index contributed by atoms with van der Waals surface area (Å²) in [6, 6.07) is 7.53. The number of benzene rings is 1. The molecule has 0 aliphatic carbocycles. The van der Waals surface area contributed by atoms with Crippen molar-refractivity contribution >= 4 is 17.5 Å². The predicted molar refractivity (Wildman–Crippen MR) is 65.6 cm³/mol. The minimum atomic E-state index is -0.367. The highest BCUT2D eigenvalue weighted by atomic mass is 19.1. The van der Waals surface area contributed by atoms with Crippen LogP contribution in [0.15, 0.2) is 24.3 Å². The number of hydrogen-bond donors (Lipinski definition) is 0. The summed E-state index contributed by atoms with van der Waals surface area (Å²) in [5.41, 5.74) is 0.628. The molecule has 0 radical (unpaired) electrons. The second-order valence-corrected chi connectivity index (χ2v) is 4.18. The first-order valence-electron chi connectivity index (χ1n) is 5.82. The van der Waals surface area contributed by atoms with E-state index in [1.165, 1.54) is 24.3 Å². The number of hydrogen-bond acceptors (Lipinski definition) is 4. The van der Waals surface area contributed by atoms with Crippen molar-refractivity contribution < 1.29 is 14.0 Å². The van der Waals surface area contributed by atoms with E-state index >= 15 is 0 Å². The van der Waals surface area contributed by atoms with Crippen molar-refractivity contribution in [2.75, 3.05) is 24.5 Å². The number of imide groups is 1. The van der Waals surface area contributed by atoms with Crippen molar-refractivity contribution in [3.8, 4) is 6.07 Å². The molecular formula is C13H12FN3O2. The topological polar surface area (TPSA) is 64.4 Å². The van der Waals surface area contributed by atoms with Gasteiger partial charge in [0.05, 0.1) is 25.6 Å². The molecule has 2 amide bonds. The molecular weight excluding hydrogens is 249 g/mol. The van der Waals surface area contributed by atoms with Gasteiger partial charge in [-0.2, -0.15) is 5.26 Å². The van der Waals surface area contributed by atoms with Gasteiger partial charge in [0.2, 0.25) is 11.8 Å². The van der Waals surface area contributed by atoms with Gasteiger partial charge in [0.1, 0.15) is 5.82 Å². The Morgan fingerprint density at radius 2 is 1.74 bits per heavy atom. The van der Waals surface area contributed by atoms with Gasteiger partial charge >= 0.3 is 0 Å². The molecule has 1 aromatic rings. The van der Waals surface area contributed by atoms with Gasteiger partial charge in [0.15, 0.2) is 0 Å². The van der Waals surface area contributed by atoms with Gasteiger partial charge in [-0.3, -0.25) is 14.5 Å². The van der Waals surface area contributed by atoms with Crippen LogP contribution in [-0.2, 0) is 9.59 Å². The molecule has 1 saturated heterocycles. The Morgan fingerprint density at radius 3 is 2.26 bits per heavy atom. The third-order valence-electron chi connectivity index (χ3n) is 2.89. The lowest BCUT2D eigenvalue weighted by atomic mass is 10.2. The smallest absolute Gasteiger partial charge is 0.248 e. The molecule has 0 unspecified atom stereocenters. The van der Waals surface area contributed by atoms with E-state index < -0.39 is 0 Å². The second kappa shape index (κ2) is 5.48. The number of nitriles is 1.